The highest BCUT2D eigenvalue weighted by molar-refractivity contribution is 6.35. The lowest BCUT2D eigenvalue weighted by Gasteiger charge is -2.08. The average molecular weight is 256 g/mol. The number of nitrogens with zero attached hydrogens (tertiary/aromatic N) is 1. The van der Waals surface area contributed by atoms with E-state index < -0.39 is 6.43 Å². The molecule has 90 valence electrons. The minimum atomic E-state index is -2.59. The van der Waals surface area contributed by atoms with E-state index in [-0.39, 0.29) is 5.69 Å². The molecule has 2 rings (SSSR count). The van der Waals surface area contributed by atoms with E-state index in [0.29, 0.717) is 10.5 Å². The molecule has 4 heteroatoms. The van der Waals surface area contributed by atoms with E-state index >= 15 is 0 Å². The molecule has 1 aromatic carbocycles. The second-order valence-electron chi connectivity index (χ2n) is 3.89. The molecule has 0 fully saturated rings. The summed E-state index contributed by atoms with van der Waals surface area (Å²) in [6.45, 7) is 2.04. The first-order chi connectivity index (χ1) is 8.13. The van der Waals surface area contributed by atoms with Crippen LogP contribution in [0.2, 0.25) is 5.02 Å². The van der Waals surface area contributed by atoms with Crippen molar-refractivity contribution in [2.75, 3.05) is 0 Å². The number of hydrogen-bond donors (Lipinski definition) is 0. The summed E-state index contributed by atoms with van der Waals surface area (Å²) in [6.07, 6.45) is -0.836. The van der Waals surface area contributed by atoms with Gasteiger partial charge < -0.3 is 0 Å². The molecule has 0 spiro atoms. The predicted octanol–water partition coefficient (Wildman–Crippen LogP) is 4.78. The predicted molar refractivity (Wildman–Crippen MR) is 65.7 cm³/mol. The summed E-state index contributed by atoms with van der Waals surface area (Å²) in [5.41, 5.74) is 1.30. The van der Waals surface area contributed by atoms with Crippen molar-refractivity contribution in [3.63, 3.8) is 0 Å². The number of aromatic nitrogens is 1. The zero-order valence-electron chi connectivity index (χ0n) is 9.38. The number of rotatable bonds is 3. The van der Waals surface area contributed by atoms with Gasteiger partial charge in [0.1, 0.15) is 5.69 Å². The Kier molecular flexibility index (Phi) is 3.57. The van der Waals surface area contributed by atoms with Gasteiger partial charge in [0.15, 0.2) is 0 Å². The van der Waals surface area contributed by atoms with Crippen LogP contribution in [0.25, 0.3) is 10.9 Å². The molecule has 0 aliphatic rings. The van der Waals surface area contributed by atoms with E-state index in [1.807, 2.05) is 19.1 Å². The molecular weight excluding hydrogens is 244 g/mol. The van der Waals surface area contributed by atoms with Crippen LogP contribution in [0.1, 0.15) is 31.0 Å². The molecule has 0 saturated carbocycles. The van der Waals surface area contributed by atoms with E-state index in [4.69, 9.17) is 11.6 Å². The first-order valence-corrected chi connectivity index (χ1v) is 5.87. The second kappa shape index (κ2) is 4.96. The molecule has 0 bridgehead atoms. The summed E-state index contributed by atoms with van der Waals surface area (Å²) in [5, 5.41) is 1.07. The number of benzene rings is 1. The van der Waals surface area contributed by atoms with Crippen molar-refractivity contribution < 1.29 is 8.78 Å². The Balaban J connectivity index is 2.69. The Bertz CT molecular complexity index is 540. The molecule has 1 heterocycles. The lowest BCUT2D eigenvalue weighted by atomic mass is 10.1. The fourth-order valence-electron chi connectivity index (χ4n) is 1.87. The normalized spacial score (nSPS) is 11.4. The van der Waals surface area contributed by atoms with Crippen molar-refractivity contribution in [2.24, 2.45) is 0 Å². The average Bonchev–Trinajstić information content (AvgIpc) is 2.30. The van der Waals surface area contributed by atoms with Gasteiger partial charge in [-0.1, -0.05) is 43.1 Å². The quantitative estimate of drug-likeness (QED) is 0.769. The van der Waals surface area contributed by atoms with E-state index in [1.165, 1.54) is 6.07 Å². The molecule has 0 radical (unpaired) electrons. The van der Waals surface area contributed by atoms with Gasteiger partial charge in [-0.05, 0) is 18.1 Å². The van der Waals surface area contributed by atoms with Crippen LogP contribution in [0, 0.1) is 0 Å². The lowest BCUT2D eigenvalue weighted by Crippen LogP contribution is -1.95. The molecule has 0 atom stereocenters. The van der Waals surface area contributed by atoms with Crippen LogP contribution in [-0.2, 0) is 6.42 Å². The van der Waals surface area contributed by atoms with E-state index in [1.54, 1.807) is 6.07 Å². The molecule has 1 aromatic heterocycles. The van der Waals surface area contributed by atoms with Gasteiger partial charge in [0.25, 0.3) is 6.43 Å². The number of fused-ring (bicyclic) bond motifs is 1. The highest BCUT2D eigenvalue weighted by atomic mass is 35.5. The molecular formula is C13H12ClF2N. The summed E-state index contributed by atoms with van der Waals surface area (Å²) in [6, 6.07) is 6.83. The first kappa shape index (κ1) is 12.2. The Hall–Kier alpha value is -1.22. The van der Waals surface area contributed by atoms with Crippen LogP contribution in [0.3, 0.4) is 0 Å². The molecule has 0 aliphatic heterocycles. The maximum atomic E-state index is 12.7. The van der Waals surface area contributed by atoms with Gasteiger partial charge in [-0.15, -0.1) is 0 Å². The fraction of sp³-hybridized carbons (Fsp3) is 0.308. The van der Waals surface area contributed by atoms with Crippen LogP contribution in [0.15, 0.2) is 24.3 Å². The molecule has 1 nitrogen and oxygen atoms in total. The van der Waals surface area contributed by atoms with Crippen LogP contribution >= 0.6 is 11.6 Å². The maximum absolute atomic E-state index is 12.7. The van der Waals surface area contributed by atoms with Gasteiger partial charge in [-0.3, -0.25) is 0 Å². The number of para-hydroxylation sites is 1. The molecule has 0 aliphatic carbocycles. The van der Waals surface area contributed by atoms with Gasteiger partial charge in [-0.2, -0.15) is 0 Å². The summed E-state index contributed by atoms with van der Waals surface area (Å²) < 4.78 is 25.3. The van der Waals surface area contributed by atoms with Crippen LogP contribution in [0.4, 0.5) is 8.78 Å². The van der Waals surface area contributed by atoms with E-state index in [9.17, 15) is 8.78 Å². The van der Waals surface area contributed by atoms with Crippen molar-refractivity contribution in [3.8, 4) is 0 Å². The van der Waals surface area contributed by atoms with Crippen LogP contribution in [0.5, 0.6) is 0 Å². The highest BCUT2D eigenvalue weighted by Gasteiger charge is 2.13. The monoisotopic (exact) mass is 255 g/mol. The SMILES string of the molecule is CCCc1cccc2c(Cl)cc(C(F)F)nc12. The zero-order valence-corrected chi connectivity index (χ0v) is 10.1. The standard InChI is InChI=1S/C13H12ClF2N/c1-2-4-8-5-3-6-9-10(14)7-11(13(15)16)17-12(8)9/h3,5-7,13H,2,4H2,1H3. The van der Waals surface area contributed by atoms with E-state index in [0.717, 1.165) is 23.8 Å². The summed E-state index contributed by atoms with van der Waals surface area (Å²) in [7, 11) is 0. The third kappa shape index (κ3) is 2.39. The minimum absolute atomic E-state index is 0.258. The van der Waals surface area contributed by atoms with Gasteiger partial charge in [0.2, 0.25) is 0 Å². The van der Waals surface area contributed by atoms with Crippen LogP contribution in [-0.4, -0.2) is 4.98 Å². The van der Waals surface area contributed by atoms with Gasteiger partial charge in [0.05, 0.1) is 10.5 Å². The number of alkyl halides is 2. The van der Waals surface area contributed by atoms with E-state index in [2.05, 4.69) is 4.98 Å². The second-order valence-corrected chi connectivity index (χ2v) is 4.30. The first-order valence-electron chi connectivity index (χ1n) is 5.49. The Labute approximate surface area is 103 Å². The van der Waals surface area contributed by atoms with Crippen molar-refractivity contribution >= 4 is 22.5 Å². The summed E-state index contributed by atoms with van der Waals surface area (Å²) >= 11 is 6.01. The van der Waals surface area contributed by atoms with Crippen molar-refractivity contribution in [1.82, 2.24) is 4.98 Å². The Morgan fingerprint density at radius 1 is 1.35 bits per heavy atom. The highest BCUT2D eigenvalue weighted by Crippen LogP contribution is 2.29. The smallest absolute Gasteiger partial charge is 0.246 e. The third-order valence-corrected chi connectivity index (χ3v) is 2.95. The van der Waals surface area contributed by atoms with Crippen molar-refractivity contribution in [2.45, 2.75) is 26.2 Å². The molecule has 0 saturated heterocycles. The number of aryl methyl sites for hydroxylation is 1. The number of hydrogen-bond acceptors (Lipinski definition) is 1. The van der Waals surface area contributed by atoms with Gasteiger partial charge in [-0.25, -0.2) is 13.8 Å². The lowest BCUT2D eigenvalue weighted by molar-refractivity contribution is 0.146. The zero-order chi connectivity index (χ0) is 12.4. The van der Waals surface area contributed by atoms with Gasteiger partial charge in [0, 0.05) is 5.39 Å². The van der Waals surface area contributed by atoms with Crippen molar-refractivity contribution in [1.29, 1.82) is 0 Å². The topological polar surface area (TPSA) is 12.9 Å². The molecule has 17 heavy (non-hydrogen) atoms. The maximum Gasteiger partial charge on any atom is 0.280 e. The number of halogens is 3. The molecule has 0 amide bonds. The Morgan fingerprint density at radius 2 is 2.12 bits per heavy atom. The summed E-state index contributed by atoms with van der Waals surface area (Å²) in [5.74, 6) is 0. The number of pyridine rings is 1. The van der Waals surface area contributed by atoms with Crippen molar-refractivity contribution in [3.05, 3.63) is 40.5 Å². The van der Waals surface area contributed by atoms with Crippen LogP contribution < -0.4 is 0 Å². The summed E-state index contributed by atoms with van der Waals surface area (Å²) in [4.78, 5) is 4.02. The van der Waals surface area contributed by atoms with Gasteiger partial charge >= 0.3 is 0 Å². The Morgan fingerprint density at radius 3 is 2.76 bits per heavy atom. The largest absolute Gasteiger partial charge is 0.280 e. The molecule has 0 N–H and O–H groups in total. The molecule has 0 unspecified atom stereocenters. The molecule has 2 aromatic rings. The third-order valence-electron chi connectivity index (χ3n) is 2.64. The fourth-order valence-corrected chi connectivity index (χ4v) is 2.13. The minimum Gasteiger partial charge on any atom is -0.246 e.